The van der Waals surface area contributed by atoms with Crippen molar-refractivity contribution in [2.45, 2.75) is 82.5 Å². The Labute approximate surface area is 329 Å². The summed E-state index contributed by atoms with van der Waals surface area (Å²) in [5, 5.41) is 3.59. The van der Waals surface area contributed by atoms with Gasteiger partial charge in [0.1, 0.15) is 11.4 Å². The average molecular weight is 733 g/mol. The highest BCUT2D eigenvalue weighted by atomic mass is 16.5. The van der Waals surface area contributed by atoms with Crippen LogP contribution in [0.3, 0.4) is 0 Å². The van der Waals surface area contributed by atoms with E-state index in [-0.39, 0.29) is 0 Å². The minimum absolute atomic E-state index is 0.568. The van der Waals surface area contributed by atoms with Crippen molar-refractivity contribution in [3.63, 3.8) is 0 Å². The predicted octanol–water partition coefficient (Wildman–Crippen LogP) is 14.0. The van der Waals surface area contributed by atoms with Crippen LogP contribution in [-0.4, -0.2) is 14.4 Å². The Bertz CT molecular complexity index is 2580. The first-order valence-electron chi connectivity index (χ1n) is 20.7. The Morgan fingerprint density at radius 2 is 1.23 bits per heavy atom. The molecule has 5 nitrogen and oxygen atoms in total. The second kappa shape index (κ2) is 15.3. The highest BCUT2D eigenvalue weighted by Crippen LogP contribution is 2.43. The summed E-state index contributed by atoms with van der Waals surface area (Å²) in [6, 6.07) is 47.6. The topological polar surface area (TPSA) is 42.7 Å². The number of pyridine rings is 2. The van der Waals surface area contributed by atoms with Crippen LogP contribution in [0, 0.1) is 0 Å². The third kappa shape index (κ3) is 6.59. The molecule has 0 radical (unpaired) electrons. The number of nitrogens with zero attached hydrogens (tertiary/aromatic N) is 4. The van der Waals surface area contributed by atoms with Gasteiger partial charge in [-0.05, 0) is 108 Å². The summed E-state index contributed by atoms with van der Waals surface area (Å²) in [6.45, 7) is 0. The highest BCUT2D eigenvalue weighted by molar-refractivity contribution is 6.13. The Morgan fingerprint density at radius 1 is 0.554 bits per heavy atom. The number of ether oxygens (including phenoxy) is 1. The number of fused-ring (bicyclic) bond motifs is 6. The quantitative estimate of drug-likeness (QED) is 0.139. The van der Waals surface area contributed by atoms with Gasteiger partial charge in [-0.3, -0.25) is 4.40 Å². The van der Waals surface area contributed by atoms with Gasteiger partial charge >= 0.3 is 0 Å². The van der Waals surface area contributed by atoms with E-state index >= 15 is 0 Å². The van der Waals surface area contributed by atoms with Crippen LogP contribution in [0.15, 0.2) is 146 Å². The van der Waals surface area contributed by atoms with Crippen LogP contribution < -0.4 is 9.64 Å². The number of rotatable bonds is 9. The summed E-state index contributed by atoms with van der Waals surface area (Å²) in [6.07, 6.45) is 18.1. The van der Waals surface area contributed by atoms with Crippen molar-refractivity contribution in [3.8, 4) is 11.6 Å². The maximum Gasteiger partial charge on any atom is 0.219 e. The van der Waals surface area contributed by atoms with E-state index in [0.717, 1.165) is 40.3 Å². The van der Waals surface area contributed by atoms with Gasteiger partial charge in [0.15, 0.2) is 0 Å². The van der Waals surface area contributed by atoms with Gasteiger partial charge in [0.2, 0.25) is 5.88 Å². The lowest BCUT2D eigenvalue weighted by Crippen LogP contribution is -2.14. The van der Waals surface area contributed by atoms with Gasteiger partial charge in [-0.25, -0.2) is 9.97 Å². The van der Waals surface area contributed by atoms with E-state index < -0.39 is 0 Å². The lowest BCUT2D eigenvalue weighted by Gasteiger charge is -2.30. The Balaban J connectivity index is 1.12. The third-order valence-corrected chi connectivity index (χ3v) is 12.4. The maximum atomic E-state index is 6.21. The summed E-state index contributed by atoms with van der Waals surface area (Å²) in [5.74, 6) is 2.60. The molecule has 0 unspecified atom stereocenters. The monoisotopic (exact) mass is 732 g/mol. The van der Waals surface area contributed by atoms with E-state index in [2.05, 4.69) is 124 Å². The molecule has 5 heteroatoms. The molecule has 56 heavy (non-hydrogen) atoms. The number of benzene rings is 5. The fraction of sp³-hybridized carbons (Fsp3) is 0.255. The zero-order valence-corrected chi connectivity index (χ0v) is 32.0. The number of hydrogen-bond donors (Lipinski definition) is 0. The molecule has 278 valence electrons. The van der Waals surface area contributed by atoms with Gasteiger partial charge < -0.3 is 9.64 Å². The van der Waals surface area contributed by atoms with Crippen molar-refractivity contribution in [3.05, 3.63) is 168 Å². The predicted molar refractivity (Wildman–Crippen MR) is 230 cm³/mol. The normalized spacial score (nSPS) is 15.4. The molecule has 3 heterocycles. The molecule has 0 atom stereocenters. The molecule has 0 aliphatic heterocycles. The van der Waals surface area contributed by atoms with Gasteiger partial charge in [-0.2, -0.15) is 0 Å². The Morgan fingerprint density at radius 3 is 1.98 bits per heavy atom. The zero-order chi connectivity index (χ0) is 37.3. The summed E-state index contributed by atoms with van der Waals surface area (Å²) in [5.41, 5.74) is 11.4. The van der Waals surface area contributed by atoms with Crippen LogP contribution >= 0.6 is 0 Å². The van der Waals surface area contributed by atoms with E-state index in [9.17, 15) is 0 Å². The van der Waals surface area contributed by atoms with Crippen LogP contribution in [0.4, 0.5) is 17.1 Å². The molecule has 10 rings (SSSR count). The number of aromatic nitrogens is 3. The van der Waals surface area contributed by atoms with Crippen molar-refractivity contribution in [1.29, 1.82) is 0 Å². The molecular weight excluding hydrogens is 685 g/mol. The van der Waals surface area contributed by atoms with Crippen molar-refractivity contribution in [2.24, 2.45) is 0 Å². The summed E-state index contributed by atoms with van der Waals surface area (Å²) in [7, 11) is 0. The zero-order valence-electron chi connectivity index (χ0n) is 32.0. The smallest absolute Gasteiger partial charge is 0.219 e. The lowest BCUT2D eigenvalue weighted by atomic mass is 9.76. The van der Waals surface area contributed by atoms with Crippen molar-refractivity contribution < 1.29 is 4.74 Å². The molecule has 2 fully saturated rings. The van der Waals surface area contributed by atoms with Gasteiger partial charge in [0, 0.05) is 64.5 Å². The lowest BCUT2D eigenvalue weighted by molar-refractivity contribution is 0.432. The molecule has 2 saturated carbocycles. The molecule has 5 aromatic carbocycles. The van der Waals surface area contributed by atoms with Crippen LogP contribution in [-0.2, 0) is 6.42 Å². The molecule has 2 aliphatic rings. The second-order valence-corrected chi connectivity index (χ2v) is 15.9. The first kappa shape index (κ1) is 34.5. The fourth-order valence-electron chi connectivity index (χ4n) is 9.80. The van der Waals surface area contributed by atoms with Gasteiger partial charge in [0.25, 0.3) is 0 Å². The number of para-hydroxylation sites is 2. The minimum Gasteiger partial charge on any atom is -0.439 e. The van der Waals surface area contributed by atoms with Crippen LogP contribution in [0.25, 0.3) is 27.3 Å². The van der Waals surface area contributed by atoms with E-state index in [1.807, 2.05) is 30.3 Å². The van der Waals surface area contributed by atoms with E-state index in [1.165, 1.54) is 86.2 Å². The van der Waals surface area contributed by atoms with Crippen LogP contribution in [0.5, 0.6) is 11.6 Å². The van der Waals surface area contributed by atoms with Crippen LogP contribution in [0.1, 0.15) is 98.4 Å². The SMILES string of the molecule is c1ccc(N(c2cccc(Oc3ccccn3)c2)c2ccc3c4ccccc4n4c(Cc5c(C6CCCCC6)cccc5C5CCCCC5)cnc4c3c2)cc1. The largest absolute Gasteiger partial charge is 0.439 e. The van der Waals surface area contributed by atoms with Crippen molar-refractivity contribution in [1.82, 2.24) is 14.4 Å². The van der Waals surface area contributed by atoms with Crippen molar-refractivity contribution >= 4 is 44.4 Å². The van der Waals surface area contributed by atoms with E-state index in [1.54, 1.807) is 22.9 Å². The number of anilines is 3. The third-order valence-electron chi connectivity index (χ3n) is 12.4. The first-order valence-corrected chi connectivity index (χ1v) is 20.7. The fourth-order valence-corrected chi connectivity index (χ4v) is 9.80. The van der Waals surface area contributed by atoms with Gasteiger partial charge in [0.05, 0.1) is 5.52 Å². The minimum atomic E-state index is 0.568. The molecule has 3 aromatic heterocycles. The van der Waals surface area contributed by atoms with Crippen molar-refractivity contribution in [2.75, 3.05) is 4.90 Å². The molecule has 0 saturated heterocycles. The molecule has 0 spiro atoms. The molecule has 2 aliphatic carbocycles. The average Bonchev–Trinajstić information content (AvgIpc) is 3.69. The Hall–Kier alpha value is -5.94. The standard InChI is InChI=1S/C51H48N4O/c1-4-16-36(17-5-1)43-25-15-26-44(37-18-6-2-7-19-37)47(43)34-41-35-53-51-48-33-40(29-30-45(48)46-24-10-11-27-49(46)55(41)51)54(38-20-8-3-9-21-38)39-22-14-23-42(32-39)56-50-28-12-13-31-52-50/h3,8-15,20-33,35-37H,1-2,4-7,16-19,34H2. The number of imidazole rings is 1. The summed E-state index contributed by atoms with van der Waals surface area (Å²) in [4.78, 5) is 12.0. The maximum absolute atomic E-state index is 6.21. The van der Waals surface area contributed by atoms with Gasteiger partial charge in [-0.15, -0.1) is 0 Å². The second-order valence-electron chi connectivity index (χ2n) is 15.9. The molecule has 0 bridgehead atoms. The molecule has 8 aromatic rings. The molecule has 0 amide bonds. The first-order chi connectivity index (χ1) is 27.8. The van der Waals surface area contributed by atoms with E-state index in [0.29, 0.717) is 17.7 Å². The number of hydrogen-bond acceptors (Lipinski definition) is 4. The summed E-state index contributed by atoms with van der Waals surface area (Å²) < 4.78 is 8.68. The highest BCUT2D eigenvalue weighted by Gasteiger charge is 2.26. The van der Waals surface area contributed by atoms with E-state index in [4.69, 9.17) is 9.72 Å². The van der Waals surface area contributed by atoms with Gasteiger partial charge in [-0.1, -0.05) is 111 Å². The molecule has 0 N–H and O–H groups in total. The van der Waals surface area contributed by atoms with Crippen LogP contribution in [0.2, 0.25) is 0 Å². The summed E-state index contributed by atoms with van der Waals surface area (Å²) >= 11 is 0. The molecular formula is C51H48N4O. The Kier molecular flexibility index (Phi) is 9.44.